The maximum Gasteiger partial charge on any atom is 0.126 e. The van der Waals surface area contributed by atoms with Crippen LogP contribution in [0, 0.1) is 13.8 Å². The zero-order chi connectivity index (χ0) is 29.4. The monoisotopic (exact) mass is 571 g/mol. The molecule has 0 aliphatic heterocycles. The van der Waals surface area contributed by atoms with E-state index in [9.17, 15) is 0 Å². The second kappa shape index (κ2) is 13.9. The summed E-state index contributed by atoms with van der Waals surface area (Å²) in [6.45, 7) is 11.5. The molecule has 0 aliphatic rings. The fourth-order valence-electron chi connectivity index (χ4n) is 5.54. The number of nitrogens with zero attached hydrogens (tertiary/aromatic N) is 1. The van der Waals surface area contributed by atoms with E-state index in [2.05, 4.69) is 160 Å². The minimum absolute atomic E-state index is 0.0793. The molecule has 3 heteroatoms. The second-order valence-electron chi connectivity index (χ2n) is 11.3. The smallest absolute Gasteiger partial charge is 0.126 e. The molecule has 5 aromatic carbocycles. The highest BCUT2D eigenvalue weighted by Crippen LogP contribution is 2.49. The SMILES string of the molecule is CCC(C)(Pc1c(C)cccc1N(Cc1ccccc1)Cc1ccccc1)c1cccc(C)c1OCc1ccccc1. The Kier molecular flexibility index (Phi) is 9.78. The average molecular weight is 572 g/mol. The summed E-state index contributed by atoms with van der Waals surface area (Å²) in [4.78, 5) is 2.55. The molecule has 2 unspecified atom stereocenters. The number of anilines is 1. The molecule has 42 heavy (non-hydrogen) atoms. The van der Waals surface area contributed by atoms with Gasteiger partial charge in [0.25, 0.3) is 0 Å². The van der Waals surface area contributed by atoms with Crippen LogP contribution in [0.5, 0.6) is 5.75 Å². The summed E-state index contributed by atoms with van der Waals surface area (Å²) in [5.41, 5.74) is 8.97. The highest BCUT2D eigenvalue weighted by atomic mass is 31.1. The number of hydrogen-bond acceptors (Lipinski definition) is 2. The summed E-state index contributed by atoms with van der Waals surface area (Å²) in [7, 11) is 0.580. The molecule has 2 atom stereocenters. The summed E-state index contributed by atoms with van der Waals surface area (Å²) >= 11 is 0. The summed E-state index contributed by atoms with van der Waals surface area (Å²) in [6.07, 6.45) is 1.02. The maximum absolute atomic E-state index is 6.60. The van der Waals surface area contributed by atoms with Crippen LogP contribution in [0.3, 0.4) is 0 Å². The largest absolute Gasteiger partial charge is 0.488 e. The van der Waals surface area contributed by atoms with E-state index in [0.717, 1.165) is 25.3 Å². The van der Waals surface area contributed by atoms with Crippen LogP contribution in [0.15, 0.2) is 127 Å². The fraction of sp³-hybridized carbons (Fsp3) is 0.231. The van der Waals surface area contributed by atoms with Crippen LogP contribution < -0.4 is 14.9 Å². The minimum Gasteiger partial charge on any atom is -0.488 e. The topological polar surface area (TPSA) is 12.5 Å². The first-order valence-electron chi connectivity index (χ1n) is 14.9. The maximum atomic E-state index is 6.60. The van der Waals surface area contributed by atoms with Gasteiger partial charge in [-0.25, -0.2) is 0 Å². The van der Waals surface area contributed by atoms with Crippen LogP contribution in [-0.4, -0.2) is 0 Å². The van der Waals surface area contributed by atoms with E-state index in [1.165, 1.54) is 44.4 Å². The molecular weight excluding hydrogens is 529 g/mol. The zero-order valence-electron chi connectivity index (χ0n) is 25.3. The van der Waals surface area contributed by atoms with Gasteiger partial charge in [-0.05, 0) is 59.5 Å². The highest BCUT2D eigenvalue weighted by molar-refractivity contribution is 7.49. The van der Waals surface area contributed by atoms with Gasteiger partial charge in [0, 0.05) is 29.5 Å². The number of aryl methyl sites for hydroxylation is 2. The van der Waals surface area contributed by atoms with Gasteiger partial charge in [-0.15, -0.1) is 0 Å². The van der Waals surface area contributed by atoms with Gasteiger partial charge in [0.1, 0.15) is 12.4 Å². The van der Waals surface area contributed by atoms with Crippen LogP contribution in [0.4, 0.5) is 5.69 Å². The van der Waals surface area contributed by atoms with Crippen molar-refractivity contribution in [3.63, 3.8) is 0 Å². The third-order valence-electron chi connectivity index (χ3n) is 8.16. The van der Waals surface area contributed by atoms with Crippen molar-refractivity contribution >= 4 is 19.6 Å². The molecule has 0 amide bonds. The first-order chi connectivity index (χ1) is 20.5. The Morgan fingerprint density at radius 2 is 1.14 bits per heavy atom. The summed E-state index contributed by atoms with van der Waals surface area (Å²) in [6, 6.07) is 45.6. The van der Waals surface area contributed by atoms with Gasteiger partial charge >= 0.3 is 0 Å². The summed E-state index contributed by atoms with van der Waals surface area (Å²) < 4.78 is 6.60. The molecule has 2 nitrogen and oxygen atoms in total. The number of ether oxygens (including phenoxy) is 1. The van der Waals surface area contributed by atoms with Crippen molar-refractivity contribution in [2.75, 3.05) is 4.90 Å². The van der Waals surface area contributed by atoms with Crippen molar-refractivity contribution in [2.24, 2.45) is 0 Å². The Morgan fingerprint density at radius 1 is 0.619 bits per heavy atom. The second-order valence-corrected chi connectivity index (χ2v) is 13.2. The number of hydrogen-bond donors (Lipinski definition) is 0. The minimum atomic E-state index is -0.0793. The van der Waals surface area contributed by atoms with Gasteiger partial charge in [0.05, 0.1) is 0 Å². The quantitative estimate of drug-likeness (QED) is 0.138. The normalized spacial score (nSPS) is 12.8. The van der Waals surface area contributed by atoms with Gasteiger partial charge in [0.2, 0.25) is 0 Å². The Morgan fingerprint density at radius 3 is 1.71 bits per heavy atom. The summed E-state index contributed by atoms with van der Waals surface area (Å²) in [5, 5.41) is 1.36. The van der Waals surface area contributed by atoms with Crippen LogP contribution in [0.25, 0.3) is 0 Å². The van der Waals surface area contributed by atoms with Crippen LogP contribution >= 0.6 is 8.58 Å². The van der Waals surface area contributed by atoms with E-state index in [1.807, 2.05) is 0 Å². The van der Waals surface area contributed by atoms with Crippen LogP contribution in [0.1, 0.15) is 53.6 Å². The van der Waals surface area contributed by atoms with E-state index >= 15 is 0 Å². The van der Waals surface area contributed by atoms with Crippen molar-refractivity contribution < 1.29 is 4.74 Å². The fourth-order valence-corrected chi connectivity index (χ4v) is 7.25. The molecule has 0 N–H and O–H groups in total. The molecule has 0 saturated carbocycles. The average Bonchev–Trinajstić information content (AvgIpc) is 3.02. The van der Waals surface area contributed by atoms with E-state index in [1.54, 1.807) is 0 Å². The van der Waals surface area contributed by atoms with Gasteiger partial charge in [-0.1, -0.05) is 144 Å². The molecule has 0 spiro atoms. The Bertz CT molecular complexity index is 1530. The highest BCUT2D eigenvalue weighted by Gasteiger charge is 2.31. The van der Waals surface area contributed by atoms with Crippen molar-refractivity contribution in [1.82, 2.24) is 0 Å². The van der Waals surface area contributed by atoms with Gasteiger partial charge in [0.15, 0.2) is 0 Å². The van der Waals surface area contributed by atoms with Crippen LogP contribution in [0.2, 0.25) is 0 Å². The Balaban J connectivity index is 1.52. The molecule has 0 fully saturated rings. The zero-order valence-corrected chi connectivity index (χ0v) is 26.3. The van der Waals surface area contributed by atoms with E-state index in [0.29, 0.717) is 15.2 Å². The van der Waals surface area contributed by atoms with E-state index in [4.69, 9.17) is 4.74 Å². The third-order valence-corrected chi connectivity index (χ3v) is 10.2. The van der Waals surface area contributed by atoms with E-state index < -0.39 is 0 Å². The van der Waals surface area contributed by atoms with Crippen molar-refractivity contribution in [3.05, 3.63) is 161 Å². The molecule has 214 valence electrons. The van der Waals surface area contributed by atoms with Gasteiger partial charge in [-0.3, -0.25) is 0 Å². The predicted octanol–water partition coefficient (Wildman–Crippen LogP) is 9.72. The molecule has 0 heterocycles. The number of benzene rings is 5. The standard InChI is InChI=1S/C39H42NOP/c1-5-39(4,35-25-15-17-30(2)37(35)41-29-34-23-13-8-14-24-34)42-38-31(3)18-16-26-36(38)40(27-32-19-9-6-10-20-32)28-33-21-11-7-12-22-33/h6-26,42H,5,27-29H2,1-4H3. The van der Waals surface area contributed by atoms with Crippen molar-refractivity contribution in [3.8, 4) is 5.75 Å². The molecule has 0 radical (unpaired) electrons. The first kappa shape index (κ1) is 29.6. The lowest BCUT2D eigenvalue weighted by molar-refractivity contribution is 0.297. The van der Waals surface area contributed by atoms with Crippen molar-refractivity contribution in [1.29, 1.82) is 0 Å². The number of para-hydroxylation sites is 1. The number of rotatable bonds is 12. The Hall–Kier alpha value is -3.87. The predicted molar refractivity (Wildman–Crippen MR) is 181 cm³/mol. The Labute approximate surface area is 254 Å². The molecule has 5 rings (SSSR count). The molecule has 0 aromatic heterocycles. The van der Waals surface area contributed by atoms with Gasteiger partial charge in [-0.2, -0.15) is 0 Å². The molecule has 5 aromatic rings. The van der Waals surface area contributed by atoms with Crippen molar-refractivity contribution in [2.45, 2.75) is 59.0 Å². The van der Waals surface area contributed by atoms with Crippen LogP contribution in [-0.2, 0) is 24.9 Å². The molecule has 0 aliphatic carbocycles. The third kappa shape index (κ3) is 7.12. The van der Waals surface area contributed by atoms with Gasteiger partial charge < -0.3 is 9.64 Å². The molecule has 0 saturated heterocycles. The summed E-state index contributed by atoms with van der Waals surface area (Å²) in [5.74, 6) is 1.03. The lowest BCUT2D eigenvalue weighted by atomic mass is 9.94. The first-order valence-corrected chi connectivity index (χ1v) is 15.9. The lowest BCUT2D eigenvalue weighted by Crippen LogP contribution is -2.29. The molecule has 0 bridgehead atoms. The lowest BCUT2D eigenvalue weighted by Gasteiger charge is -2.35. The molecular formula is C39H42NOP. The van der Waals surface area contributed by atoms with E-state index in [-0.39, 0.29) is 5.16 Å².